The molecule has 31 heavy (non-hydrogen) atoms. The van der Waals surface area contributed by atoms with E-state index in [0.29, 0.717) is 11.4 Å². The summed E-state index contributed by atoms with van der Waals surface area (Å²) in [5, 5.41) is 13.5. The van der Waals surface area contributed by atoms with Crippen molar-refractivity contribution in [3.05, 3.63) is 58.6 Å². The van der Waals surface area contributed by atoms with Crippen molar-refractivity contribution in [2.45, 2.75) is 19.4 Å². The molecule has 2 atom stereocenters. The number of carbonyl (C=O) groups is 3. The van der Waals surface area contributed by atoms with E-state index >= 15 is 0 Å². The average molecular weight is 427 g/mol. The molecule has 1 N–H and O–H groups in total. The summed E-state index contributed by atoms with van der Waals surface area (Å²) in [6, 6.07) is 12.6. The smallest absolute Gasteiger partial charge is 0.312 e. The first-order valence-corrected chi connectivity index (χ1v) is 9.49. The zero-order valence-corrected chi connectivity index (χ0v) is 16.9. The molecule has 1 saturated heterocycles. The highest BCUT2D eigenvalue weighted by Gasteiger charge is 2.37. The second-order valence-corrected chi connectivity index (χ2v) is 6.95. The third-order valence-electron chi connectivity index (χ3n) is 4.84. The number of ether oxygens (including phenoxy) is 2. The lowest BCUT2D eigenvalue weighted by Crippen LogP contribution is -2.33. The van der Waals surface area contributed by atoms with Crippen molar-refractivity contribution < 1.29 is 28.8 Å². The molecule has 1 heterocycles. The summed E-state index contributed by atoms with van der Waals surface area (Å²) in [6.45, 7) is 1.47. The van der Waals surface area contributed by atoms with Gasteiger partial charge in [0, 0.05) is 30.8 Å². The molecule has 10 heteroatoms. The lowest BCUT2D eigenvalue weighted by molar-refractivity contribution is -0.383. The van der Waals surface area contributed by atoms with Gasteiger partial charge < -0.3 is 19.7 Å². The first kappa shape index (κ1) is 21.8. The van der Waals surface area contributed by atoms with Crippen LogP contribution < -0.4 is 15.0 Å². The van der Waals surface area contributed by atoms with E-state index in [0.717, 1.165) is 0 Å². The highest BCUT2D eigenvalue weighted by molar-refractivity contribution is 6.00. The topological polar surface area (TPSA) is 128 Å². The number of amides is 2. The summed E-state index contributed by atoms with van der Waals surface area (Å²) >= 11 is 0. The molecule has 0 aromatic heterocycles. The minimum absolute atomic E-state index is 0.000596. The minimum atomic E-state index is -1.20. The van der Waals surface area contributed by atoms with Gasteiger partial charge in [-0.25, -0.2) is 0 Å². The van der Waals surface area contributed by atoms with Gasteiger partial charge in [0.1, 0.15) is 11.4 Å². The number of para-hydroxylation sites is 2. The van der Waals surface area contributed by atoms with Gasteiger partial charge in [0.2, 0.25) is 5.91 Å². The number of nitro benzene ring substituents is 1. The third-order valence-corrected chi connectivity index (χ3v) is 4.84. The monoisotopic (exact) mass is 427 g/mol. The van der Waals surface area contributed by atoms with Crippen LogP contribution in [0.4, 0.5) is 17.1 Å². The van der Waals surface area contributed by atoms with Crippen molar-refractivity contribution in [3.8, 4) is 5.75 Å². The van der Waals surface area contributed by atoms with Gasteiger partial charge in [0.25, 0.3) is 11.6 Å². The van der Waals surface area contributed by atoms with Gasteiger partial charge in [-0.2, -0.15) is 0 Å². The first-order chi connectivity index (χ1) is 14.8. The normalized spacial score (nSPS) is 16.5. The largest absolute Gasteiger partial charge is 0.497 e. The maximum Gasteiger partial charge on any atom is 0.312 e. The third kappa shape index (κ3) is 4.97. The van der Waals surface area contributed by atoms with Crippen LogP contribution in [0.5, 0.6) is 5.75 Å². The van der Waals surface area contributed by atoms with Crippen molar-refractivity contribution in [1.29, 1.82) is 0 Å². The average Bonchev–Trinajstić information content (AvgIpc) is 3.15. The van der Waals surface area contributed by atoms with E-state index in [1.54, 1.807) is 24.3 Å². The van der Waals surface area contributed by atoms with Gasteiger partial charge in [-0.3, -0.25) is 24.5 Å². The summed E-state index contributed by atoms with van der Waals surface area (Å²) < 4.78 is 10.4. The Morgan fingerprint density at radius 2 is 1.97 bits per heavy atom. The number of nitrogens with one attached hydrogen (secondary N) is 1. The van der Waals surface area contributed by atoms with Gasteiger partial charge >= 0.3 is 5.97 Å². The number of methoxy groups -OCH3 is 1. The predicted octanol–water partition coefficient (Wildman–Crippen LogP) is 2.53. The number of nitro groups is 1. The Labute approximate surface area is 177 Å². The van der Waals surface area contributed by atoms with Crippen LogP contribution >= 0.6 is 0 Å². The fourth-order valence-electron chi connectivity index (χ4n) is 3.19. The molecule has 0 spiro atoms. The Balaban J connectivity index is 1.61. The highest BCUT2D eigenvalue weighted by Crippen LogP contribution is 2.29. The maximum atomic E-state index is 12.5. The van der Waals surface area contributed by atoms with E-state index in [2.05, 4.69) is 5.32 Å². The van der Waals surface area contributed by atoms with Crippen LogP contribution in [0, 0.1) is 16.0 Å². The molecule has 0 radical (unpaired) electrons. The van der Waals surface area contributed by atoms with Gasteiger partial charge in [-0.15, -0.1) is 0 Å². The molecule has 2 aromatic carbocycles. The molecule has 0 aliphatic carbocycles. The molecule has 1 aliphatic heterocycles. The van der Waals surface area contributed by atoms with E-state index in [-0.39, 0.29) is 30.2 Å². The molecule has 0 bridgehead atoms. The fourth-order valence-corrected chi connectivity index (χ4v) is 3.19. The number of carbonyl (C=O) groups excluding carboxylic acids is 3. The molecular formula is C21H21N3O7. The summed E-state index contributed by atoms with van der Waals surface area (Å²) in [5.74, 6) is -1.80. The SMILES string of the molecule is COc1cccc(N2CC(C(=O)OC(C)C(=O)Nc3ccccc3[N+](=O)[O-])CC2=O)c1. The number of benzene rings is 2. The van der Waals surface area contributed by atoms with E-state index in [1.807, 2.05) is 0 Å². The number of nitrogens with zero attached hydrogens (tertiary/aromatic N) is 2. The first-order valence-electron chi connectivity index (χ1n) is 9.49. The predicted molar refractivity (Wildman–Crippen MR) is 111 cm³/mol. The van der Waals surface area contributed by atoms with Crippen LogP contribution in [0.15, 0.2) is 48.5 Å². The summed E-state index contributed by atoms with van der Waals surface area (Å²) in [7, 11) is 1.52. The number of esters is 1. The Kier molecular flexibility index (Phi) is 6.49. The number of hydrogen-bond donors (Lipinski definition) is 1. The molecule has 3 rings (SSSR count). The molecule has 2 amide bonds. The molecule has 1 fully saturated rings. The lowest BCUT2D eigenvalue weighted by Gasteiger charge is -2.18. The zero-order valence-electron chi connectivity index (χ0n) is 16.9. The highest BCUT2D eigenvalue weighted by atomic mass is 16.6. The Bertz CT molecular complexity index is 1020. The van der Waals surface area contributed by atoms with Crippen molar-refractivity contribution in [3.63, 3.8) is 0 Å². The van der Waals surface area contributed by atoms with Crippen molar-refractivity contribution in [1.82, 2.24) is 0 Å². The van der Waals surface area contributed by atoms with Crippen molar-refractivity contribution >= 4 is 34.8 Å². The van der Waals surface area contributed by atoms with Crippen LogP contribution in [0.25, 0.3) is 0 Å². The van der Waals surface area contributed by atoms with Gasteiger partial charge in [-0.1, -0.05) is 18.2 Å². The lowest BCUT2D eigenvalue weighted by atomic mass is 10.1. The van der Waals surface area contributed by atoms with Crippen molar-refractivity contribution in [2.75, 3.05) is 23.9 Å². The molecule has 10 nitrogen and oxygen atoms in total. The minimum Gasteiger partial charge on any atom is -0.497 e. The number of hydrogen-bond acceptors (Lipinski definition) is 7. The molecule has 2 aromatic rings. The summed E-state index contributed by atoms with van der Waals surface area (Å²) in [4.78, 5) is 49.2. The molecule has 162 valence electrons. The number of rotatable bonds is 7. The van der Waals surface area contributed by atoms with Crippen LogP contribution in [0.1, 0.15) is 13.3 Å². The summed E-state index contributed by atoms with van der Waals surface area (Å²) in [5.41, 5.74) is 0.326. The van der Waals surface area contributed by atoms with E-state index in [1.165, 1.54) is 43.2 Å². The van der Waals surface area contributed by atoms with Crippen molar-refractivity contribution in [2.24, 2.45) is 5.92 Å². The Hall–Kier alpha value is -3.95. The number of anilines is 2. The molecular weight excluding hydrogens is 406 g/mol. The van der Waals surface area contributed by atoms with E-state index in [4.69, 9.17) is 9.47 Å². The Morgan fingerprint density at radius 1 is 1.23 bits per heavy atom. The maximum absolute atomic E-state index is 12.5. The molecule has 0 saturated carbocycles. The van der Waals surface area contributed by atoms with Crippen LogP contribution in [-0.4, -0.2) is 42.5 Å². The van der Waals surface area contributed by atoms with Gasteiger partial charge in [-0.05, 0) is 25.1 Å². The van der Waals surface area contributed by atoms with E-state index in [9.17, 15) is 24.5 Å². The fraction of sp³-hybridized carbons (Fsp3) is 0.286. The standard InChI is InChI=1S/C21H21N3O7/c1-13(20(26)22-17-8-3-4-9-18(17)24(28)29)31-21(27)14-10-19(25)23(12-14)15-6-5-7-16(11-15)30-2/h3-9,11,13-14H,10,12H2,1-2H3,(H,22,26). The molecule has 2 unspecified atom stereocenters. The van der Waals surface area contributed by atoms with Crippen LogP contribution in [0.2, 0.25) is 0 Å². The van der Waals surface area contributed by atoms with E-state index < -0.39 is 28.8 Å². The van der Waals surface area contributed by atoms with Crippen LogP contribution in [-0.2, 0) is 19.1 Å². The second-order valence-electron chi connectivity index (χ2n) is 6.95. The van der Waals surface area contributed by atoms with Gasteiger partial charge in [0.15, 0.2) is 6.10 Å². The molecule has 1 aliphatic rings. The van der Waals surface area contributed by atoms with Gasteiger partial charge in [0.05, 0.1) is 18.0 Å². The Morgan fingerprint density at radius 3 is 2.68 bits per heavy atom. The van der Waals surface area contributed by atoms with Crippen LogP contribution in [0.3, 0.4) is 0 Å². The summed E-state index contributed by atoms with van der Waals surface area (Å²) in [6.07, 6.45) is -1.25. The quantitative estimate of drug-likeness (QED) is 0.408. The zero-order chi connectivity index (χ0) is 22.5. The second kappa shape index (κ2) is 9.24.